The summed E-state index contributed by atoms with van der Waals surface area (Å²) >= 11 is 3.75. The smallest absolute Gasteiger partial charge is 0.0678 e. The van der Waals surface area contributed by atoms with Gasteiger partial charge in [0, 0.05) is 4.88 Å². The first-order valence-corrected chi connectivity index (χ1v) is 4.97. The van der Waals surface area contributed by atoms with Crippen molar-refractivity contribution in [3.05, 3.63) is 28.0 Å². The van der Waals surface area contributed by atoms with Crippen LogP contribution in [0.3, 0.4) is 0 Å². The summed E-state index contributed by atoms with van der Waals surface area (Å²) in [6.45, 7) is 2.17. The molecule has 52 valence electrons. The summed E-state index contributed by atoms with van der Waals surface area (Å²) in [6.07, 6.45) is 3.35. The maximum atomic E-state index is 2.29. The fourth-order valence-electron chi connectivity index (χ4n) is 1.07. The molecule has 1 aromatic rings. The molecular formula is C8H8S2. The van der Waals surface area contributed by atoms with Crippen LogP contribution in [0, 0.1) is 6.92 Å². The molecule has 2 rings (SSSR count). The van der Waals surface area contributed by atoms with E-state index in [2.05, 4.69) is 24.5 Å². The topological polar surface area (TPSA) is 0 Å². The van der Waals surface area contributed by atoms with Gasteiger partial charge in [-0.25, -0.2) is 0 Å². The second kappa shape index (κ2) is 2.44. The molecule has 0 fully saturated rings. The zero-order valence-corrected chi connectivity index (χ0v) is 7.39. The van der Waals surface area contributed by atoms with E-state index in [0.717, 1.165) is 6.42 Å². The first-order valence-electron chi connectivity index (χ1n) is 3.27. The van der Waals surface area contributed by atoms with Crippen molar-refractivity contribution >= 4 is 23.1 Å². The highest BCUT2D eigenvalue weighted by molar-refractivity contribution is 8.04. The number of thioether (sulfide) groups is 1. The van der Waals surface area contributed by atoms with Crippen molar-refractivity contribution < 1.29 is 0 Å². The van der Waals surface area contributed by atoms with Gasteiger partial charge in [-0.1, -0.05) is 17.8 Å². The monoisotopic (exact) mass is 168 g/mol. The molecule has 0 nitrogen and oxygen atoms in total. The van der Waals surface area contributed by atoms with Gasteiger partial charge in [-0.2, -0.15) is 0 Å². The third-order valence-electron chi connectivity index (χ3n) is 1.50. The molecule has 0 saturated carbocycles. The Balaban J connectivity index is 2.46. The van der Waals surface area contributed by atoms with Crippen molar-refractivity contribution in [3.63, 3.8) is 0 Å². The highest BCUT2D eigenvalue weighted by atomic mass is 32.2. The van der Waals surface area contributed by atoms with Crippen molar-refractivity contribution in [2.75, 3.05) is 0 Å². The van der Waals surface area contributed by atoms with Gasteiger partial charge in [-0.3, -0.25) is 0 Å². The summed E-state index contributed by atoms with van der Waals surface area (Å²) in [5, 5.41) is 2.18. The summed E-state index contributed by atoms with van der Waals surface area (Å²) in [7, 11) is 0. The number of aryl methyl sites for hydroxylation is 1. The lowest BCUT2D eigenvalue weighted by atomic mass is 10.2. The van der Waals surface area contributed by atoms with E-state index < -0.39 is 0 Å². The lowest BCUT2D eigenvalue weighted by molar-refractivity contribution is 1.23. The average Bonchev–Trinajstić information content (AvgIpc) is 2.27. The van der Waals surface area contributed by atoms with Crippen molar-refractivity contribution in [1.29, 1.82) is 0 Å². The van der Waals surface area contributed by atoms with E-state index in [1.807, 2.05) is 23.1 Å². The van der Waals surface area contributed by atoms with Crippen LogP contribution < -0.4 is 0 Å². The number of thiophene rings is 1. The number of fused-ring (bicyclic) bond motifs is 1. The van der Waals surface area contributed by atoms with Gasteiger partial charge in [0.25, 0.3) is 0 Å². The Morgan fingerprint density at radius 2 is 2.40 bits per heavy atom. The third-order valence-corrected chi connectivity index (χ3v) is 3.73. The van der Waals surface area contributed by atoms with Gasteiger partial charge in [-0.15, -0.1) is 11.3 Å². The molecule has 1 aromatic heterocycles. The molecule has 0 bridgehead atoms. The van der Waals surface area contributed by atoms with Crippen LogP contribution in [0.25, 0.3) is 0 Å². The lowest BCUT2D eigenvalue weighted by Crippen LogP contribution is -1.81. The van der Waals surface area contributed by atoms with Gasteiger partial charge in [0.1, 0.15) is 0 Å². The summed E-state index contributed by atoms with van der Waals surface area (Å²) in [6, 6.07) is 2.29. The standard InChI is InChI=1S/C8H8S2/c1-6-5-7-3-2-4-9-8(7)10-6/h2,4-5H,3H2,1H3. The van der Waals surface area contributed by atoms with Crippen LogP contribution in [-0.2, 0) is 6.42 Å². The maximum absolute atomic E-state index is 2.29. The zero-order chi connectivity index (χ0) is 6.97. The average molecular weight is 168 g/mol. The minimum Gasteiger partial charge on any atom is -0.134 e. The van der Waals surface area contributed by atoms with E-state index in [9.17, 15) is 0 Å². The third kappa shape index (κ3) is 1.02. The Bertz CT molecular complexity index is 245. The summed E-state index contributed by atoms with van der Waals surface area (Å²) < 4.78 is 1.49. The second-order valence-electron chi connectivity index (χ2n) is 2.36. The maximum Gasteiger partial charge on any atom is 0.0678 e. The van der Waals surface area contributed by atoms with E-state index in [1.54, 1.807) is 0 Å². The SMILES string of the molecule is Cc1cc2c(s1)SC=CC2. The lowest BCUT2D eigenvalue weighted by Gasteiger charge is -2.00. The van der Waals surface area contributed by atoms with Crippen LogP contribution in [0.4, 0.5) is 0 Å². The van der Waals surface area contributed by atoms with Gasteiger partial charge in [0.2, 0.25) is 0 Å². The van der Waals surface area contributed by atoms with Crippen molar-refractivity contribution in [2.45, 2.75) is 17.6 Å². The molecule has 0 unspecified atom stereocenters. The summed E-state index contributed by atoms with van der Waals surface area (Å²) in [5.41, 5.74) is 1.51. The van der Waals surface area contributed by atoms with E-state index >= 15 is 0 Å². The number of hydrogen-bond donors (Lipinski definition) is 0. The van der Waals surface area contributed by atoms with E-state index in [0.29, 0.717) is 0 Å². The Morgan fingerprint density at radius 3 is 3.20 bits per heavy atom. The molecule has 1 aliphatic heterocycles. The molecule has 0 radical (unpaired) electrons. The van der Waals surface area contributed by atoms with Crippen molar-refractivity contribution in [1.82, 2.24) is 0 Å². The predicted molar refractivity (Wildman–Crippen MR) is 47.8 cm³/mol. The minimum absolute atomic E-state index is 1.13. The van der Waals surface area contributed by atoms with Crippen LogP contribution >= 0.6 is 23.1 Å². The van der Waals surface area contributed by atoms with Crippen LogP contribution in [0.5, 0.6) is 0 Å². The Labute approximate surface area is 69.0 Å². The van der Waals surface area contributed by atoms with E-state index in [1.165, 1.54) is 14.6 Å². The second-order valence-corrected chi connectivity index (χ2v) is 4.79. The van der Waals surface area contributed by atoms with Crippen molar-refractivity contribution in [2.24, 2.45) is 0 Å². The summed E-state index contributed by atoms with van der Waals surface area (Å²) in [4.78, 5) is 1.43. The Hall–Kier alpha value is -0.210. The summed E-state index contributed by atoms with van der Waals surface area (Å²) in [5.74, 6) is 0. The zero-order valence-electron chi connectivity index (χ0n) is 5.76. The fraction of sp³-hybridized carbons (Fsp3) is 0.250. The molecule has 0 aromatic carbocycles. The molecule has 2 heterocycles. The van der Waals surface area contributed by atoms with Crippen LogP contribution in [-0.4, -0.2) is 0 Å². The normalized spacial score (nSPS) is 15.3. The number of rotatable bonds is 0. The van der Waals surface area contributed by atoms with Crippen molar-refractivity contribution in [3.8, 4) is 0 Å². The molecule has 10 heavy (non-hydrogen) atoms. The van der Waals surface area contributed by atoms with Gasteiger partial charge in [-0.05, 0) is 30.4 Å². The molecule has 2 heteroatoms. The molecular weight excluding hydrogens is 160 g/mol. The van der Waals surface area contributed by atoms with Crippen LogP contribution in [0.2, 0.25) is 0 Å². The van der Waals surface area contributed by atoms with Gasteiger partial charge in [0.15, 0.2) is 0 Å². The number of hydrogen-bond acceptors (Lipinski definition) is 2. The van der Waals surface area contributed by atoms with E-state index in [-0.39, 0.29) is 0 Å². The quantitative estimate of drug-likeness (QED) is 0.573. The van der Waals surface area contributed by atoms with Crippen LogP contribution in [0.15, 0.2) is 21.8 Å². The first-order chi connectivity index (χ1) is 4.86. The molecule has 0 amide bonds. The number of allylic oxidation sites excluding steroid dienone is 1. The fourth-order valence-corrected chi connectivity index (χ4v) is 3.20. The highest BCUT2D eigenvalue weighted by Crippen LogP contribution is 2.35. The van der Waals surface area contributed by atoms with Gasteiger partial charge in [0.05, 0.1) is 4.21 Å². The van der Waals surface area contributed by atoms with Gasteiger partial charge < -0.3 is 0 Å². The van der Waals surface area contributed by atoms with E-state index in [4.69, 9.17) is 0 Å². The molecule has 0 atom stereocenters. The minimum atomic E-state index is 1.13. The van der Waals surface area contributed by atoms with Crippen LogP contribution in [0.1, 0.15) is 10.4 Å². The molecule has 1 aliphatic rings. The molecule has 0 spiro atoms. The molecule has 0 aliphatic carbocycles. The first kappa shape index (κ1) is 6.50. The molecule has 0 N–H and O–H groups in total. The predicted octanol–water partition coefficient (Wildman–Crippen LogP) is 3.22. The Morgan fingerprint density at radius 1 is 1.50 bits per heavy atom. The largest absolute Gasteiger partial charge is 0.134 e. The van der Waals surface area contributed by atoms with Gasteiger partial charge >= 0.3 is 0 Å². The Kier molecular flexibility index (Phi) is 1.58. The molecule has 0 saturated heterocycles. The highest BCUT2D eigenvalue weighted by Gasteiger charge is 2.07.